The second-order valence-electron chi connectivity index (χ2n) is 3.24. The number of nitrogens with zero attached hydrogens (tertiary/aromatic N) is 1. The highest BCUT2D eigenvalue weighted by Crippen LogP contribution is 2.26. The van der Waals surface area contributed by atoms with Gasteiger partial charge in [-0.15, -0.1) is 0 Å². The third kappa shape index (κ3) is 1.15. The van der Waals surface area contributed by atoms with Crippen molar-refractivity contribution in [2.24, 2.45) is 0 Å². The van der Waals surface area contributed by atoms with Crippen LogP contribution in [0.2, 0.25) is 0 Å². The first kappa shape index (κ1) is 8.05. The molecule has 0 amide bonds. The number of pyridine rings is 1. The Hall–Kier alpha value is -1.57. The largest absolute Gasteiger partial charge is 0.871 e. The van der Waals surface area contributed by atoms with Crippen molar-refractivity contribution in [3.8, 4) is 5.75 Å². The van der Waals surface area contributed by atoms with Crippen molar-refractivity contribution in [2.45, 2.75) is 13.8 Å². The Kier molecular flexibility index (Phi) is 1.69. The maximum Gasteiger partial charge on any atom is 0.0628 e. The molecular weight excluding hydrogens is 162 g/mol. The molecule has 0 radical (unpaired) electrons. The van der Waals surface area contributed by atoms with E-state index in [-0.39, 0.29) is 5.75 Å². The van der Waals surface area contributed by atoms with Crippen molar-refractivity contribution in [2.75, 3.05) is 0 Å². The Morgan fingerprint density at radius 2 is 2.00 bits per heavy atom. The Labute approximate surface area is 76.9 Å². The number of benzene rings is 1. The van der Waals surface area contributed by atoms with Crippen LogP contribution in [0, 0.1) is 13.8 Å². The second kappa shape index (κ2) is 2.73. The number of hydrogen-bond acceptors (Lipinski definition) is 2. The van der Waals surface area contributed by atoms with Crippen molar-refractivity contribution in [1.82, 2.24) is 4.98 Å². The van der Waals surface area contributed by atoms with Gasteiger partial charge in [0.25, 0.3) is 0 Å². The van der Waals surface area contributed by atoms with Gasteiger partial charge in [-0.25, -0.2) is 0 Å². The van der Waals surface area contributed by atoms with Crippen LogP contribution in [-0.4, -0.2) is 4.98 Å². The van der Waals surface area contributed by atoms with Gasteiger partial charge in [-0.1, -0.05) is 23.4 Å². The zero-order valence-electron chi connectivity index (χ0n) is 7.66. The zero-order chi connectivity index (χ0) is 9.42. The number of fused-ring (bicyclic) bond motifs is 1. The highest BCUT2D eigenvalue weighted by atomic mass is 16.3. The third-order valence-electron chi connectivity index (χ3n) is 2.24. The predicted octanol–water partition coefficient (Wildman–Crippen LogP) is 1.93. The van der Waals surface area contributed by atoms with E-state index in [9.17, 15) is 5.11 Å². The SMILES string of the molecule is Cc1cc(C)c2cccnc2c1[O-]. The molecule has 0 bridgehead atoms. The van der Waals surface area contributed by atoms with Gasteiger partial charge in [-0.3, -0.25) is 4.98 Å². The van der Waals surface area contributed by atoms with Crippen molar-refractivity contribution in [1.29, 1.82) is 0 Å². The van der Waals surface area contributed by atoms with Gasteiger partial charge >= 0.3 is 0 Å². The van der Waals surface area contributed by atoms with Gasteiger partial charge in [-0.05, 0) is 25.5 Å². The van der Waals surface area contributed by atoms with Crippen LogP contribution >= 0.6 is 0 Å². The van der Waals surface area contributed by atoms with E-state index in [1.54, 1.807) is 6.20 Å². The molecule has 0 saturated heterocycles. The van der Waals surface area contributed by atoms with E-state index >= 15 is 0 Å². The summed E-state index contributed by atoms with van der Waals surface area (Å²) in [4.78, 5) is 4.09. The smallest absolute Gasteiger partial charge is 0.0628 e. The fraction of sp³-hybridized carbons (Fsp3) is 0.182. The summed E-state index contributed by atoms with van der Waals surface area (Å²) in [6.45, 7) is 3.82. The molecular formula is C11H10NO-. The molecule has 13 heavy (non-hydrogen) atoms. The van der Waals surface area contributed by atoms with Crippen LogP contribution in [0.15, 0.2) is 24.4 Å². The molecule has 0 fully saturated rings. The Morgan fingerprint density at radius 1 is 1.23 bits per heavy atom. The normalized spacial score (nSPS) is 10.6. The minimum absolute atomic E-state index is 0.0428. The van der Waals surface area contributed by atoms with E-state index in [4.69, 9.17) is 0 Å². The molecule has 1 heterocycles. The fourth-order valence-electron chi connectivity index (χ4n) is 1.56. The average molecular weight is 172 g/mol. The van der Waals surface area contributed by atoms with E-state index in [2.05, 4.69) is 4.98 Å². The lowest BCUT2D eigenvalue weighted by atomic mass is 10.1. The van der Waals surface area contributed by atoms with Crippen LogP contribution in [0.25, 0.3) is 10.9 Å². The lowest BCUT2D eigenvalue weighted by Crippen LogP contribution is -1.97. The standard InChI is InChI=1S/C11H11NO/c1-7-6-8(2)11(13)10-9(7)4-3-5-12-10/h3-6,13H,1-2H3/p-1. The molecule has 2 aromatic rings. The van der Waals surface area contributed by atoms with Gasteiger partial charge in [0.2, 0.25) is 0 Å². The Balaban J connectivity index is 2.97. The van der Waals surface area contributed by atoms with Crippen LogP contribution in [-0.2, 0) is 0 Å². The lowest BCUT2D eigenvalue weighted by molar-refractivity contribution is -0.266. The van der Waals surface area contributed by atoms with Crippen molar-refractivity contribution >= 4 is 10.9 Å². The molecule has 0 saturated carbocycles. The first-order valence-electron chi connectivity index (χ1n) is 4.22. The van der Waals surface area contributed by atoms with Gasteiger partial charge < -0.3 is 5.11 Å². The first-order chi connectivity index (χ1) is 6.20. The van der Waals surface area contributed by atoms with Crippen molar-refractivity contribution in [3.63, 3.8) is 0 Å². The molecule has 1 aromatic heterocycles. The summed E-state index contributed by atoms with van der Waals surface area (Å²) in [6, 6.07) is 5.69. The highest BCUT2D eigenvalue weighted by molar-refractivity contribution is 5.87. The summed E-state index contributed by atoms with van der Waals surface area (Å²) in [7, 11) is 0. The van der Waals surface area contributed by atoms with Crippen molar-refractivity contribution in [3.05, 3.63) is 35.5 Å². The number of hydrogen-bond donors (Lipinski definition) is 0. The van der Waals surface area contributed by atoms with E-state index in [1.807, 2.05) is 32.0 Å². The summed E-state index contributed by atoms with van der Waals surface area (Å²) in [5.41, 5.74) is 2.46. The van der Waals surface area contributed by atoms with E-state index in [0.717, 1.165) is 16.5 Å². The third-order valence-corrected chi connectivity index (χ3v) is 2.24. The molecule has 2 rings (SSSR count). The molecule has 0 unspecified atom stereocenters. The zero-order valence-corrected chi connectivity index (χ0v) is 7.66. The molecule has 1 aromatic carbocycles. The lowest BCUT2D eigenvalue weighted by Gasteiger charge is -2.14. The van der Waals surface area contributed by atoms with Crippen LogP contribution < -0.4 is 5.11 Å². The average Bonchev–Trinajstić information content (AvgIpc) is 2.15. The summed E-state index contributed by atoms with van der Waals surface area (Å²) in [5, 5.41) is 12.6. The van der Waals surface area contributed by atoms with Gasteiger partial charge in [0.05, 0.1) is 5.52 Å². The van der Waals surface area contributed by atoms with Crippen molar-refractivity contribution < 1.29 is 5.11 Å². The molecule has 2 nitrogen and oxygen atoms in total. The summed E-state index contributed by atoms with van der Waals surface area (Å²) in [6.07, 6.45) is 1.66. The highest BCUT2D eigenvalue weighted by Gasteiger charge is 2.00. The molecule has 0 aliphatic carbocycles. The predicted molar refractivity (Wildman–Crippen MR) is 50.7 cm³/mol. The summed E-state index contributed by atoms with van der Waals surface area (Å²) >= 11 is 0. The molecule has 0 aliphatic rings. The molecule has 0 N–H and O–H groups in total. The number of aryl methyl sites for hydroxylation is 2. The van der Waals surface area contributed by atoms with Crippen LogP contribution in [0.4, 0.5) is 0 Å². The molecule has 0 aliphatic heterocycles. The van der Waals surface area contributed by atoms with Gasteiger partial charge in [0, 0.05) is 11.6 Å². The van der Waals surface area contributed by atoms with Gasteiger partial charge in [0.15, 0.2) is 0 Å². The first-order valence-corrected chi connectivity index (χ1v) is 4.22. The van der Waals surface area contributed by atoms with E-state index < -0.39 is 0 Å². The topological polar surface area (TPSA) is 36.0 Å². The Morgan fingerprint density at radius 3 is 2.77 bits per heavy atom. The monoisotopic (exact) mass is 172 g/mol. The second-order valence-corrected chi connectivity index (χ2v) is 3.24. The number of aromatic nitrogens is 1. The van der Waals surface area contributed by atoms with Crippen LogP contribution in [0.3, 0.4) is 0 Å². The van der Waals surface area contributed by atoms with Crippen LogP contribution in [0.5, 0.6) is 5.75 Å². The van der Waals surface area contributed by atoms with Crippen LogP contribution in [0.1, 0.15) is 11.1 Å². The van der Waals surface area contributed by atoms with Gasteiger partial charge in [0.1, 0.15) is 0 Å². The summed E-state index contributed by atoms with van der Waals surface area (Å²) in [5.74, 6) is 0.0428. The summed E-state index contributed by atoms with van der Waals surface area (Å²) < 4.78 is 0. The van der Waals surface area contributed by atoms with E-state index in [0.29, 0.717) is 5.52 Å². The maximum absolute atomic E-state index is 11.6. The minimum Gasteiger partial charge on any atom is -0.871 e. The molecule has 0 spiro atoms. The molecule has 0 atom stereocenters. The number of rotatable bonds is 0. The Bertz CT molecular complexity index is 463. The quantitative estimate of drug-likeness (QED) is 0.608. The maximum atomic E-state index is 11.6. The van der Waals surface area contributed by atoms with Gasteiger partial charge in [-0.2, -0.15) is 0 Å². The molecule has 66 valence electrons. The molecule has 2 heteroatoms. The fourth-order valence-corrected chi connectivity index (χ4v) is 1.56. The van der Waals surface area contributed by atoms with E-state index in [1.165, 1.54) is 0 Å². The minimum atomic E-state index is 0.0428.